The molecule has 0 spiro atoms. The number of aromatic carboxylic acids is 1. The van der Waals surface area contributed by atoms with E-state index in [1.54, 1.807) is 0 Å². The number of fused-ring (bicyclic) bond motifs is 1. The van der Waals surface area contributed by atoms with Crippen LogP contribution < -0.4 is 19.9 Å². The number of carboxylic acids is 1. The largest absolute Gasteiger partial charge is 0.479 e. The molecular formula is C28H35N9O5. The Balaban J connectivity index is 1.55. The number of carboxylic acid groups (broad SMARTS) is 1. The van der Waals surface area contributed by atoms with Gasteiger partial charge in [-0.2, -0.15) is 9.97 Å². The minimum absolute atomic E-state index is 0.0372. The van der Waals surface area contributed by atoms with Crippen molar-refractivity contribution in [2.45, 2.75) is 45.1 Å². The lowest BCUT2D eigenvalue weighted by Gasteiger charge is -2.28. The zero-order chi connectivity index (χ0) is 30.3. The lowest BCUT2D eigenvalue weighted by Crippen LogP contribution is -2.38. The molecule has 14 nitrogen and oxygen atoms in total. The van der Waals surface area contributed by atoms with Gasteiger partial charge in [0, 0.05) is 49.0 Å². The molecule has 14 heteroatoms. The van der Waals surface area contributed by atoms with E-state index in [0.717, 1.165) is 36.5 Å². The quantitative estimate of drug-likeness (QED) is 0.278. The van der Waals surface area contributed by atoms with Gasteiger partial charge < -0.3 is 29.9 Å². The van der Waals surface area contributed by atoms with E-state index in [4.69, 9.17) is 9.72 Å². The maximum absolute atomic E-state index is 12.2. The average molecular weight is 578 g/mol. The van der Waals surface area contributed by atoms with Crippen molar-refractivity contribution >= 4 is 40.6 Å². The highest BCUT2D eigenvalue weighted by atomic mass is 16.6. The molecule has 5 rings (SSSR count). The van der Waals surface area contributed by atoms with Crippen molar-refractivity contribution in [2.24, 2.45) is 0 Å². The van der Waals surface area contributed by atoms with Gasteiger partial charge in [-0.1, -0.05) is 13.8 Å². The second-order valence-electron chi connectivity index (χ2n) is 11.5. The number of carbonyl (C=O) groups is 1. The van der Waals surface area contributed by atoms with Gasteiger partial charge in [0.25, 0.3) is 0 Å². The molecule has 42 heavy (non-hydrogen) atoms. The fourth-order valence-electron chi connectivity index (χ4n) is 5.71. The van der Waals surface area contributed by atoms with E-state index in [9.17, 15) is 20.0 Å². The second kappa shape index (κ2) is 11.0. The number of nitro groups is 1. The predicted molar refractivity (Wildman–Crippen MR) is 158 cm³/mol. The monoisotopic (exact) mass is 577 g/mol. The number of aromatic nitrogens is 4. The van der Waals surface area contributed by atoms with Gasteiger partial charge in [-0.05, 0) is 46.0 Å². The van der Waals surface area contributed by atoms with Crippen LogP contribution in [0.4, 0.5) is 34.6 Å². The number of nitrogens with zero attached hydrogens (tertiary/aromatic N) is 8. The molecule has 2 N–H and O–H groups in total. The highest BCUT2D eigenvalue weighted by Gasteiger charge is 2.40. The Morgan fingerprint density at radius 3 is 2.69 bits per heavy atom. The van der Waals surface area contributed by atoms with Crippen molar-refractivity contribution < 1.29 is 19.6 Å². The van der Waals surface area contributed by atoms with Crippen molar-refractivity contribution in [1.29, 1.82) is 0 Å². The van der Waals surface area contributed by atoms with E-state index in [1.165, 1.54) is 19.4 Å². The van der Waals surface area contributed by atoms with E-state index in [0.29, 0.717) is 13.1 Å². The molecule has 0 aliphatic carbocycles. The molecule has 0 amide bonds. The van der Waals surface area contributed by atoms with E-state index in [2.05, 4.69) is 25.2 Å². The SMILES string of the molecule is COc1nc(N2CCC[C@H]2CN(C)C)c([N+](=O)[O-])cc1Nc1ncc(C(=O)O)c(N2CC(C)(C)c3nc(C)ccc32)n1. The van der Waals surface area contributed by atoms with Gasteiger partial charge in [0.1, 0.15) is 11.3 Å². The first kappa shape index (κ1) is 28.9. The number of likely N-dealkylation sites (N-methyl/N-ethyl adjacent to an activating group) is 1. The van der Waals surface area contributed by atoms with Crippen LogP contribution >= 0.6 is 0 Å². The number of ether oxygens (including phenoxy) is 1. The Kier molecular flexibility index (Phi) is 7.58. The third-order valence-electron chi connectivity index (χ3n) is 7.56. The zero-order valence-electron chi connectivity index (χ0n) is 24.6. The van der Waals surface area contributed by atoms with Crippen molar-refractivity contribution in [3.8, 4) is 5.88 Å². The minimum atomic E-state index is -1.18. The molecule has 0 radical (unpaired) electrons. The van der Waals surface area contributed by atoms with Crippen LogP contribution in [-0.4, -0.2) is 87.7 Å². The molecule has 3 aromatic rings. The smallest absolute Gasteiger partial charge is 0.341 e. The molecular weight excluding hydrogens is 542 g/mol. The standard InChI is InChI=1S/C28H35N9O5/c1-16-9-10-20-22(30-16)28(2,3)15-36(20)23-18(26(38)39)13-29-27(33-23)31-19-12-21(37(40)41)24(32-25(19)42-6)35-11-7-8-17(35)14-34(4)5/h9-10,12-13,17H,7-8,11,14-15H2,1-6H3,(H,38,39)(H,29,31,33)/t17-/m0/s1. The van der Waals surface area contributed by atoms with Gasteiger partial charge in [-0.25, -0.2) is 9.78 Å². The summed E-state index contributed by atoms with van der Waals surface area (Å²) in [5, 5.41) is 25.2. The molecule has 1 fully saturated rings. The number of aryl methyl sites for hydroxylation is 1. The Hall–Kier alpha value is -4.59. The summed E-state index contributed by atoms with van der Waals surface area (Å²) < 4.78 is 5.54. The fourth-order valence-corrected chi connectivity index (χ4v) is 5.71. The number of pyridine rings is 2. The van der Waals surface area contributed by atoms with Crippen LogP contribution in [0.15, 0.2) is 24.4 Å². The van der Waals surface area contributed by atoms with E-state index in [1.807, 2.05) is 56.8 Å². The fraction of sp³-hybridized carbons (Fsp3) is 0.464. The number of hydrogen-bond acceptors (Lipinski definition) is 12. The van der Waals surface area contributed by atoms with Crippen LogP contribution in [0.2, 0.25) is 0 Å². The summed E-state index contributed by atoms with van der Waals surface area (Å²) in [7, 11) is 5.37. The molecule has 222 valence electrons. The van der Waals surface area contributed by atoms with E-state index in [-0.39, 0.29) is 51.9 Å². The van der Waals surface area contributed by atoms with Crippen LogP contribution in [0.5, 0.6) is 5.88 Å². The van der Waals surface area contributed by atoms with Crippen molar-refractivity contribution in [1.82, 2.24) is 24.8 Å². The maximum atomic E-state index is 12.2. The van der Waals surface area contributed by atoms with Crippen LogP contribution in [0.1, 0.15) is 48.4 Å². The van der Waals surface area contributed by atoms with Crippen LogP contribution in [0, 0.1) is 17.0 Å². The molecule has 1 atom stereocenters. The van der Waals surface area contributed by atoms with Gasteiger partial charge in [0.15, 0.2) is 5.82 Å². The maximum Gasteiger partial charge on any atom is 0.341 e. The van der Waals surface area contributed by atoms with Gasteiger partial charge >= 0.3 is 11.7 Å². The summed E-state index contributed by atoms with van der Waals surface area (Å²) in [5.41, 5.74) is 2.02. The molecule has 0 unspecified atom stereocenters. The molecule has 5 heterocycles. The summed E-state index contributed by atoms with van der Waals surface area (Å²) >= 11 is 0. The van der Waals surface area contributed by atoms with Crippen LogP contribution in [0.25, 0.3) is 0 Å². The number of nitrogens with one attached hydrogen (secondary N) is 1. The van der Waals surface area contributed by atoms with E-state index >= 15 is 0 Å². The average Bonchev–Trinajstić information content (AvgIpc) is 3.48. The van der Waals surface area contributed by atoms with Crippen molar-refractivity contribution in [2.75, 3.05) is 56.0 Å². The summed E-state index contributed by atoms with van der Waals surface area (Å²) in [6, 6.07) is 5.22. The normalized spacial score (nSPS) is 17.5. The number of rotatable bonds is 9. The molecule has 2 aliphatic rings. The number of hydrogen-bond donors (Lipinski definition) is 2. The minimum Gasteiger partial charge on any atom is -0.479 e. The molecule has 3 aromatic heterocycles. The topological polar surface area (TPSA) is 163 Å². The Bertz CT molecular complexity index is 1540. The highest BCUT2D eigenvalue weighted by molar-refractivity contribution is 5.95. The zero-order valence-corrected chi connectivity index (χ0v) is 24.6. The molecule has 1 saturated heterocycles. The van der Waals surface area contributed by atoms with E-state index < -0.39 is 10.9 Å². The molecule has 0 saturated carbocycles. The lowest BCUT2D eigenvalue weighted by molar-refractivity contribution is -0.384. The van der Waals surface area contributed by atoms with Gasteiger partial charge in [0.05, 0.1) is 23.4 Å². The Morgan fingerprint density at radius 2 is 2.02 bits per heavy atom. The molecule has 0 aromatic carbocycles. The summed E-state index contributed by atoms with van der Waals surface area (Å²) in [6.45, 7) is 7.82. The first-order chi connectivity index (χ1) is 19.9. The Labute approximate surface area is 243 Å². The third-order valence-corrected chi connectivity index (χ3v) is 7.56. The van der Waals surface area contributed by atoms with Crippen molar-refractivity contribution in [3.63, 3.8) is 0 Å². The summed E-state index contributed by atoms with van der Waals surface area (Å²) in [4.78, 5) is 47.8. The summed E-state index contributed by atoms with van der Waals surface area (Å²) in [6.07, 6.45) is 3.02. The summed E-state index contributed by atoms with van der Waals surface area (Å²) in [5.74, 6) is -0.589. The predicted octanol–water partition coefficient (Wildman–Crippen LogP) is 3.89. The second-order valence-corrected chi connectivity index (χ2v) is 11.5. The molecule has 0 bridgehead atoms. The van der Waals surface area contributed by atoms with Crippen LogP contribution in [-0.2, 0) is 5.41 Å². The Morgan fingerprint density at radius 1 is 1.26 bits per heavy atom. The number of anilines is 5. The molecule has 2 aliphatic heterocycles. The van der Waals surface area contributed by atoms with Gasteiger partial charge in [-0.15, -0.1) is 0 Å². The number of methoxy groups -OCH3 is 1. The van der Waals surface area contributed by atoms with Gasteiger partial charge in [0.2, 0.25) is 17.6 Å². The first-order valence-corrected chi connectivity index (χ1v) is 13.7. The van der Waals surface area contributed by atoms with Crippen molar-refractivity contribution in [3.05, 3.63) is 51.5 Å². The van der Waals surface area contributed by atoms with Crippen LogP contribution in [0.3, 0.4) is 0 Å². The third kappa shape index (κ3) is 5.36. The first-order valence-electron chi connectivity index (χ1n) is 13.7. The highest BCUT2D eigenvalue weighted by Crippen LogP contribution is 2.44. The lowest BCUT2D eigenvalue weighted by atomic mass is 9.91. The van der Waals surface area contributed by atoms with Gasteiger partial charge in [-0.3, -0.25) is 15.1 Å².